The molecule has 7 heteroatoms. The van der Waals surface area contributed by atoms with Crippen LogP contribution < -0.4 is 4.74 Å². The van der Waals surface area contributed by atoms with E-state index in [9.17, 15) is 4.79 Å². The number of aliphatic hydroxyl groups is 1. The molecule has 0 spiro atoms. The number of carbonyl (C=O) groups is 1. The summed E-state index contributed by atoms with van der Waals surface area (Å²) in [6.45, 7) is 5.84. The summed E-state index contributed by atoms with van der Waals surface area (Å²) < 4.78 is 11.5. The third-order valence-corrected chi connectivity index (χ3v) is 5.84. The molecule has 1 amide bonds. The highest BCUT2D eigenvalue weighted by molar-refractivity contribution is 6.30. The van der Waals surface area contributed by atoms with Crippen molar-refractivity contribution in [1.82, 2.24) is 9.80 Å². The molecule has 2 rings (SSSR count). The smallest absolute Gasteiger partial charge is 0.410 e. The van der Waals surface area contributed by atoms with Crippen LogP contribution in [0.15, 0.2) is 24.3 Å². The Hall–Kier alpha value is -1.34. The molecule has 0 aromatic heterocycles. The van der Waals surface area contributed by atoms with Gasteiger partial charge in [0.25, 0.3) is 0 Å². The lowest BCUT2D eigenvalue weighted by Crippen LogP contribution is -2.42. The topological polar surface area (TPSA) is 62.2 Å². The summed E-state index contributed by atoms with van der Waals surface area (Å²) in [5.74, 6) is 0.504. The number of hydrogen-bond acceptors (Lipinski definition) is 5. The van der Waals surface area contributed by atoms with Gasteiger partial charge in [-0.05, 0) is 75.9 Å². The molecule has 0 aliphatic heterocycles. The van der Waals surface area contributed by atoms with Crippen LogP contribution in [0.5, 0.6) is 5.75 Å². The van der Waals surface area contributed by atoms with E-state index in [0.717, 1.165) is 64.8 Å². The van der Waals surface area contributed by atoms with Crippen molar-refractivity contribution >= 4 is 17.7 Å². The Balaban J connectivity index is 1.61. The van der Waals surface area contributed by atoms with Gasteiger partial charge in [-0.15, -0.1) is 0 Å². The molecule has 1 saturated carbocycles. The summed E-state index contributed by atoms with van der Waals surface area (Å²) in [7, 11) is 1.80. The van der Waals surface area contributed by atoms with Gasteiger partial charge in [-0.3, -0.25) is 0 Å². The van der Waals surface area contributed by atoms with E-state index < -0.39 is 0 Å². The number of halogens is 1. The molecule has 0 atom stereocenters. The molecule has 0 unspecified atom stereocenters. The van der Waals surface area contributed by atoms with Crippen LogP contribution in [-0.4, -0.2) is 73.0 Å². The number of aliphatic hydroxyl groups excluding tert-OH is 1. The van der Waals surface area contributed by atoms with Gasteiger partial charge in [0.05, 0.1) is 12.7 Å². The molecule has 0 radical (unpaired) electrons. The zero-order chi connectivity index (χ0) is 21.1. The summed E-state index contributed by atoms with van der Waals surface area (Å²) in [4.78, 5) is 16.3. The van der Waals surface area contributed by atoms with Gasteiger partial charge in [-0.25, -0.2) is 4.79 Å². The molecule has 0 heterocycles. The fourth-order valence-corrected chi connectivity index (χ4v) is 3.81. The maximum absolute atomic E-state index is 12.4. The second-order valence-electron chi connectivity index (χ2n) is 7.60. The fraction of sp³-hybridized carbons (Fsp3) is 0.682. The SMILES string of the molecule is CCN(CCO)CCCCOC1CCC(N(C)C(=O)Oc2ccc(Cl)cc2)CC1. The lowest BCUT2D eigenvalue weighted by molar-refractivity contribution is 0.00987. The van der Waals surface area contributed by atoms with Gasteiger partial charge in [0.1, 0.15) is 5.75 Å². The Morgan fingerprint density at radius 2 is 1.83 bits per heavy atom. The molecule has 1 aliphatic rings. The van der Waals surface area contributed by atoms with Crippen LogP contribution in [0.4, 0.5) is 4.79 Å². The number of unbranched alkanes of at least 4 members (excludes halogenated alkanes) is 1. The maximum Gasteiger partial charge on any atom is 0.415 e. The first kappa shape index (κ1) is 23.9. The van der Waals surface area contributed by atoms with Crippen molar-refractivity contribution < 1.29 is 19.4 Å². The van der Waals surface area contributed by atoms with E-state index >= 15 is 0 Å². The zero-order valence-electron chi connectivity index (χ0n) is 17.7. The standard InChI is InChI=1S/C22H35ClN2O4/c1-3-25(15-16-26)14-4-5-17-28-20-12-8-19(9-13-20)24(2)22(27)29-21-10-6-18(23)7-11-21/h6-7,10-11,19-20,26H,3-5,8-9,12-17H2,1-2H3. The molecule has 1 aliphatic carbocycles. The number of nitrogens with zero attached hydrogens (tertiary/aromatic N) is 2. The normalized spacial score (nSPS) is 19.3. The summed E-state index contributed by atoms with van der Waals surface area (Å²) in [6.07, 6.45) is 5.86. The van der Waals surface area contributed by atoms with Gasteiger partial charge in [0.15, 0.2) is 0 Å². The second kappa shape index (κ2) is 13.1. The number of ether oxygens (including phenoxy) is 2. The minimum absolute atomic E-state index is 0.186. The fourth-order valence-electron chi connectivity index (χ4n) is 3.68. The molecule has 1 aromatic carbocycles. The first-order valence-corrected chi connectivity index (χ1v) is 11.1. The minimum Gasteiger partial charge on any atom is -0.410 e. The third-order valence-electron chi connectivity index (χ3n) is 5.58. The molecular weight excluding hydrogens is 392 g/mol. The van der Waals surface area contributed by atoms with E-state index in [0.29, 0.717) is 10.8 Å². The van der Waals surface area contributed by atoms with Crippen LogP contribution in [0.2, 0.25) is 5.02 Å². The maximum atomic E-state index is 12.4. The summed E-state index contributed by atoms with van der Waals surface area (Å²) >= 11 is 5.86. The number of amides is 1. The molecule has 1 N–H and O–H groups in total. The van der Waals surface area contributed by atoms with E-state index in [1.165, 1.54) is 0 Å². The molecule has 0 bridgehead atoms. The number of rotatable bonds is 11. The summed E-state index contributed by atoms with van der Waals surface area (Å²) in [5, 5.41) is 9.63. The Bertz CT molecular complexity index is 591. The average molecular weight is 427 g/mol. The lowest BCUT2D eigenvalue weighted by atomic mass is 9.92. The summed E-state index contributed by atoms with van der Waals surface area (Å²) in [6, 6.07) is 6.99. The molecule has 29 heavy (non-hydrogen) atoms. The van der Waals surface area contributed by atoms with Gasteiger partial charge in [-0.2, -0.15) is 0 Å². The molecule has 164 valence electrons. The van der Waals surface area contributed by atoms with Gasteiger partial charge in [-0.1, -0.05) is 18.5 Å². The van der Waals surface area contributed by atoms with Crippen molar-refractivity contribution in [2.24, 2.45) is 0 Å². The number of likely N-dealkylation sites (N-methyl/N-ethyl adjacent to an activating group) is 1. The molecule has 6 nitrogen and oxygen atoms in total. The monoisotopic (exact) mass is 426 g/mol. The first-order chi connectivity index (χ1) is 14.0. The quantitative estimate of drug-likeness (QED) is 0.537. The van der Waals surface area contributed by atoms with Crippen molar-refractivity contribution in [3.63, 3.8) is 0 Å². The van der Waals surface area contributed by atoms with Crippen LogP contribution in [-0.2, 0) is 4.74 Å². The van der Waals surface area contributed by atoms with Crippen LogP contribution >= 0.6 is 11.6 Å². The second-order valence-corrected chi connectivity index (χ2v) is 8.04. The van der Waals surface area contributed by atoms with Gasteiger partial charge in [0, 0.05) is 31.3 Å². The highest BCUT2D eigenvalue weighted by Crippen LogP contribution is 2.25. The van der Waals surface area contributed by atoms with Crippen molar-refractivity contribution in [2.45, 2.75) is 57.6 Å². The zero-order valence-corrected chi connectivity index (χ0v) is 18.4. The Morgan fingerprint density at radius 1 is 1.14 bits per heavy atom. The molecule has 0 saturated heterocycles. The van der Waals surface area contributed by atoms with Gasteiger partial charge < -0.3 is 24.4 Å². The largest absolute Gasteiger partial charge is 0.415 e. The molecule has 1 fully saturated rings. The number of benzene rings is 1. The van der Waals surface area contributed by atoms with Crippen LogP contribution in [0.3, 0.4) is 0 Å². The predicted molar refractivity (Wildman–Crippen MR) is 116 cm³/mol. The third kappa shape index (κ3) is 8.51. The first-order valence-electron chi connectivity index (χ1n) is 10.7. The summed E-state index contributed by atoms with van der Waals surface area (Å²) in [5.41, 5.74) is 0. The van der Waals surface area contributed by atoms with Crippen molar-refractivity contribution in [3.05, 3.63) is 29.3 Å². The van der Waals surface area contributed by atoms with Crippen LogP contribution in [0.1, 0.15) is 45.4 Å². The van der Waals surface area contributed by atoms with Crippen LogP contribution in [0, 0.1) is 0 Å². The van der Waals surface area contributed by atoms with E-state index in [-0.39, 0.29) is 24.8 Å². The number of carbonyl (C=O) groups excluding carboxylic acids is 1. The lowest BCUT2D eigenvalue weighted by Gasteiger charge is -2.34. The Morgan fingerprint density at radius 3 is 2.45 bits per heavy atom. The van der Waals surface area contributed by atoms with E-state index in [1.807, 2.05) is 0 Å². The predicted octanol–water partition coefficient (Wildman–Crippen LogP) is 4.19. The van der Waals surface area contributed by atoms with Gasteiger partial charge >= 0.3 is 6.09 Å². The average Bonchev–Trinajstić information content (AvgIpc) is 2.74. The van der Waals surface area contributed by atoms with E-state index in [4.69, 9.17) is 26.2 Å². The Kier molecular flexibility index (Phi) is 10.8. The van der Waals surface area contributed by atoms with E-state index in [1.54, 1.807) is 36.2 Å². The molecular formula is C22H35ClN2O4. The van der Waals surface area contributed by atoms with Crippen molar-refractivity contribution in [3.8, 4) is 5.75 Å². The highest BCUT2D eigenvalue weighted by atomic mass is 35.5. The highest BCUT2D eigenvalue weighted by Gasteiger charge is 2.27. The minimum atomic E-state index is -0.333. The van der Waals surface area contributed by atoms with Crippen molar-refractivity contribution in [2.75, 3.05) is 39.9 Å². The Labute approximate surface area is 179 Å². The molecule has 1 aromatic rings. The van der Waals surface area contributed by atoms with E-state index in [2.05, 4.69) is 11.8 Å². The van der Waals surface area contributed by atoms with Crippen LogP contribution in [0.25, 0.3) is 0 Å². The number of hydrogen-bond donors (Lipinski definition) is 1. The van der Waals surface area contributed by atoms with Crippen molar-refractivity contribution in [1.29, 1.82) is 0 Å². The van der Waals surface area contributed by atoms with Gasteiger partial charge in [0.2, 0.25) is 0 Å².